The third-order valence-corrected chi connectivity index (χ3v) is 2.57. The second kappa shape index (κ2) is 8.39. The summed E-state index contributed by atoms with van der Waals surface area (Å²) in [5.74, 6) is 0. The summed E-state index contributed by atoms with van der Waals surface area (Å²) in [6, 6.07) is 13.1. The molecular weight excluding hydrogens is 318 g/mol. The van der Waals surface area contributed by atoms with Crippen molar-refractivity contribution in [1.82, 2.24) is 0 Å². The quantitative estimate of drug-likeness (QED) is 0.671. The second-order valence-electron chi connectivity index (χ2n) is 3.62. The van der Waals surface area contributed by atoms with Gasteiger partial charge in [-0.05, 0) is 0 Å². The number of benzene rings is 1. The van der Waals surface area contributed by atoms with E-state index in [1.807, 2.05) is 0 Å². The number of hydrogen-bond donors (Lipinski definition) is 0. The van der Waals surface area contributed by atoms with Gasteiger partial charge in [0.1, 0.15) is 0 Å². The minimum atomic E-state index is -0.826. The molecule has 0 atom stereocenters. The molecule has 0 saturated heterocycles. The van der Waals surface area contributed by atoms with E-state index in [1.165, 1.54) is 35.6 Å². The molecule has 0 N–H and O–H groups in total. The third kappa shape index (κ3) is 4.28. The van der Waals surface area contributed by atoms with Gasteiger partial charge in [-0.25, -0.2) is 0 Å². The molecule has 0 amide bonds. The van der Waals surface area contributed by atoms with Crippen LogP contribution < -0.4 is 0 Å². The van der Waals surface area contributed by atoms with Gasteiger partial charge in [0.15, 0.2) is 0 Å². The zero-order valence-electron chi connectivity index (χ0n) is 9.34. The summed E-state index contributed by atoms with van der Waals surface area (Å²) >= 11 is -0.826. The van der Waals surface area contributed by atoms with Gasteiger partial charge in [0, 0.05) is 0 Å². The van der Waals surface area contributed by atoms with Crippen LogP contribution in [0.4, 0.5) is 0 Å². The fourth-order valence-electron chi connectivity index (χ4n) is 1.80. The van der Waals surface area contributed by atoms with Crippen LogP contribution in [0.1, 0.15) is 25.3 Å². The van der Waals surface area contributed by atoms with Crippen molar-refractivity contribution in [1.29, 1.82) is 0 Å². The molecule has 2 rings (SSSR count). The van der Waals surface area contributed by atoms with Crippen LogP contribution in [-0.2, 0) is 27.3 Å². The first-order valence-electron chi connectivity index (χ1n) is 5.43. The van der Waals surface area contributed by atoms with E-state index in [1.54, 1.807) is 0 Å². The molecule has 0 nitrogen and oxygen atoms in total. The van der Waals surface area contributed by atoms with Crippen molar-refractivity contribution in [2.45, 2.75) is 26.2 Å². The molecule has 0 spiro atoms. The second-order valence-corrected chi connectivity index (χ2v) is 7.35. The molecule has 86 valence electrons. The van der Waals surface area contributed by atoms with Gasteiger partial charge < -0.3 is 0 Å². The molecule has 0 saturated carbocycles. The molecule has 0 aliphatic carbocycles. The molecule has 0 aromatic heterocycles. The number of halogens is 2. The predicted octanol–water partition coefficient (Wildman–Crippen LogP) is 5.28. The van der Waals surface area contributed by atoms with Crippen LogP contribution in [0.5, 0.6) is 0 Å². The summed E-state index contributed by atoms with van der Waals surface area (Å²) in [5.41, 5.74) is 1.51. The van der Waals surface area contributed by atoms with Gasteiger partial charge in [-0.2, -0.15) is 5.56 Å². The molecule has 0 heterocycles. The average Bonchev–Trinajstić information content (AvgIpc) is 2.71. The summed E-state index contributed by atoms with van der Waals surface area (Å²) in [5, 5.41) is 2.82. The number of rotatable bonds is 3. The molecule has 2 aromatic carbocycles. The van der Waals surface area contributed by atoms with E-state index in [9.17, 15) is 0 Å². The topological polar surface area (TPSA) is 0 Å². The molecule has 0 aliphatic heterocycles. The molecule has 3 heteroatoms. The Morgan fingerprint density at radius 1 is 1.25 bits per heavy atom. The third-order valence-electron chi connectivity index (χ3n) is 2.57. The van der Waals surface area contributed by atoms with Crippen molar-refractivity contribution in [2.24, 2.45) is 0 Å². The van der Waals surface area contributed by atoms with Crippen LogP contribution in [0, 0.1) is 0 Å². The Labute approximate surface area is 116 Å². The number of fused-ring (bicyclic) bond motifs is 1. The zero-order chi connectivity index (χ0) is 11.8. The number of unbranched alkanes of at least 4 members (excludes halogenated alkanes) is 1. The van der Waals surface area contributed by atoms with E-state index in [4.69, 9.17) is 17.0 Å². The summed E-state index contributed by atoms with van der Waals surface area (Å²) in [4.78, 5) is 0. The monoisotopic (exact) mass is 331 g/mol. The van der Waals surface area contributed by atoms with Crippen LogP contribution >= 0.6 is 17.0 Å². The van der Waals surface area contributed by atoms with E-state index >= 15 is 0 Å². The maximum atomic E-state index is 4.93. The summed E-state index contributed by atoms with van der Waals surface area (Å²) in [6.45, 7) is 2.24. The van der Waals surface area contributed by atoms with E-state index in [0.717, 1.165) is 0 Å². The summed E-state index contributed by atoms with van der Waals surface area (Å²) < 4.78 is 0. The van der Waals surface area contributed by atoms with Gasteiger partial charge in [-0.15, -0.1) is 41.1 Å². The molecule has 2 aromatic rings. The van der Waals surface area contributed by atoms with Crippen molar-refractivity contribution >= 4 is 27.8 Å². The first-order chi connectivity index (χ1) is 7.83. The standard InChI is InChI=1S/C13H15.2ClH.Zr/c1-2-3-6-11-9-10-12-7-4-5-8-13(11)12;;;/h4-5,7-10H,2-3,6H2,1H3;2*1H;/q-1;;;+2/p-2. The minimum absolute atomic E-state index is 0.826. The van der Waals surface area contributed by atoms with Gasteiger partial charge in [-0.1, -0.05) is 32.3 Å². The van der Waals surface area contributed by atoms with Gasteiger partial charge in [0.2, 0.25) is 0 Å². The molecule has 0 bridgehead atoms. The Hall–Kier alpha value is 0.293. The van der Waals surface area contributed by atoms with E-state index < -0.39 is 20.8 Å². The van der Waals surface area contributed by atoms with E-state index in [2.05, 4.69) is 43.3 Å². The van der Waals surface area contributed by atoms with Crippen LogP contribution in [0.15, 0.2) is 36.4 Å². The molecule has 0 aliphatic rings. The first kappa shape index (κ1) is 14.4. The van der Waals surface area contributed by atoms with Crippen molar-refractivity contribution in [3.05, 3.63) is 42.0 Å². The Kier molecular flexibility index (Phi) is 7.53. The summed E-state index contributed by atoms with van der Waals surface area (Å²) in [7, 11) is 9.87. The zero-order valence-corrected chi connectivity index (χ0v) is 13.3. The Bertz CT molecular complexity index is 409. The Morgan fingerprint density at radius 2 is 1.94 bits per heavy atom. The van der Waals surface area contributed by atoms with E-state index in [0.29, 0.717) is 0 Å². The number of hydrogen-bond acceptors (Lipinski definition) is 0. The molecule has 0 fully saturated rings. The van der Waals surface area contributed by atoms with Crippen LogP contribution in [0.2, 0.25) is 0 Å². The SMILES string of the molecule is CCCCc1c[cH-]c2ccccc12.[Cl][Zr][Cl]. The molecule has 0 radical (unpaired) electrons. The predicted molar refractivity (Wildman–Crippen MR) is 69.9 cm³/mol. The van der Waals surface area contributed by atoms with Gasteiger partial charge in [-0.3, -0.25) is 0 Å². The van der Waals surface area contributed by atoms with Crippen molar-refractivity contribution in [3.8, 4) is 0 Å². The van der Waals surface area contributed by atoms with E-state index in [-0.39, 0.29) is 0 Å². The van der Waals surface area contributed by atoms with Crippen LogP contribution in [0.3, 0.4) is 0 Å². The Balaban J connectivity index is 0.000000386. The van der Waals surface area contributed by atoms with Gasteiger partial charge in [0.05, 0.1) is 0 Å². The van der Waals surface area contributed by atoms with Crippen LogP contribution in [0.25, 0.3) is 10.8 Å². The normalized spacial score (nSPS) is 9.69. The maximum absolute atomic E-state index is 4.93. The summed E-state index contributed by atoms with van der Waals surface area (Å²) in [6.07, 6.45) is 3.80. The van der Waals surface area contributed by atoms with Gasteiger partial charge in [0.25, 0.3) is 0 Å². The van der Waals surface area contributed by atoms with Crippen molar-refractivity contribution in [2.75, 3.05) is 0 Å². The molecular formula is C13H15Cl2Zr-. The van der Waals surface area contributed by atoms with Crippen LogP contribution in [-0.4, -0.2) is 0 Å². The molecule has 16 heavy (non-hydrogen) atoms. The first-order valence-corrected chi connectivity index (χ1v) is 11.8. The Morgan fingerprint density at radius 3 is 2.62 bits per heavy atom. The van der Waals surface area contributed by atoms with Crippen molar-refractivity contribution in [3.63, 3.8) is 0 Å². The van der Waals surface area contributed by atoms with Gasteiger partial charge >= 0.3 is 37.9 Å². The fraction of sp³-hybridized carbons (Fsp3) is 0.308. The molecule has 0 unspecified atom stereocenters. The van der Waals surface area contributed by atoms with Crippen molar-refractivity contribution < 1.29 is 20.8 Å². The average molecular weight is 333 g/mol. The fourth-order valence-corrected chi connectivity index (χ4v) is 1.80. The number of aryl methyl sites for hydroxylation is 1.